The Bertz CT molecular complexity index is 936. The number of likely N-dealkylation sites (N-methyl/N-ethyl adjacent to an activating group) is 1. The Morgan fingerprint density at radius 1 is 1.27 bits per heavy atom. The number of benzene rings is 1. The van der Waals surface area contributed by atoms with E-state index in [4.69, 9.17) is 21.1 Å². The zero-order chi connectivity index (χ0) is 18.1. The second kappa shape index (κ2) is 7.05. The first-order valence-electron chi connectivity index (χ1n) is 8.18. The number of halogens is 1. The van der Waals surface area contributed by atoms with Crippen molar-refractivity contribution in [3.05, 3.63) is 58.7 Å². The highest BCUT2D eigenvalue weighted by atomic mass is 35.5. The summed E-state index contributed by atoms with van der Waals surface area (Å²) in [5, 5.41) is 0. The predicted octanol–water partition coefficient (Wildman–Crippen LogP) is 4.31. The third-order valence-electron chi connectivity index (χ3n) is 4.21. The van der Waals surface area contributed by atoms with E-state index in [1.165, 1.54) is 11.3 Å². The molecule has 0 saturated carbocycles. The van der Waals surface area contributed by atoms with Crippen LogP contribution in [0.4, 0.5) is 0 Å². The van der Waals surface area contributed by atoms with Gasteiger partial charge in [0.2, 0.25) is 0 Å². The van der Waals surface area contributed by atoms with Gasteiger partial charge in [0.15, 0.2) is 17.6 Å². The first-order valence-corrected chi connectivity index (χ1v) is 9.37. The summed E-state index contributed by atoms with van der Waals surface area (Å²) in [5.74, 6) is 1.37. The fraction of sp³-hybridized carbons (Fsp3) is 0.211. The molecule has 0 aliphatic carbocycles. The van der Waals surface area contributed by atoms with Crippen molar-refractivity contribution < 1.29 is 14.3 Å². The molecule has 7 heteroatoms. The number of para-hydroxylation sites is 2. The molecule has 1 aromatic carbocycles. The molecule has 0 bridgehead atoms. The lowest BCUT2D eigenvalue weighted by Gasteiger charge is -2.29. The number of hydrogen-bond donors (Lipinski definition) is 1. The standard InChI is InChI=1S/C19H17ClN2O3S/c1-22(10-12-11-24-15-4-2-3-5-16(15)25-12)19(23)14-9-21-8-13(14)17-6-7-18(20)26-17/h2-9,12,21H,10-11H2,1H3/t12-/m1/s1. The number of carbonyl (C=O) groups excluding carboxylic acids is 1. The van der Waals surface area contributed by atoms with Gasteiger partial charge < -0.3 is 19.4 Å². The van der Waals surface area contributed by atoms with E-state index in [0.29, 0.717) is 28.8 Å². The summed E-state index contributed by atoms with van der Waals surface area (Å²) in [5.41, 5.74) is 1.47. The van der Waals surface area contributed by atoms with Crippen LogP contribution in [0.25, 0.3) is 10.4 Å². The van der Waals surface area contributed by atoms with Crippen molar-refractivity contribution in [2.24, 2.45) is 0 Å². The van der Waals surface area contributed by atoms with Gasteiger partial charge in [-0.3, -0.25) is 4.79 Å². The van der Waals surface area contributed by atoms with Gasteiger partial charge in [-0.05, 0) is 24.3 Å². The number of hydrogen-bond acceptors (Lipinski definition) is 4. The minimum atomic E-state index is -0.211. The number of fused-ring (bicyclic) bond motifs is 1. The maximum absolute atomic E-state index is 12.9. The Balaban J connectivity index is 1.47. The SMILES string of the molecule is CN(C[C@@H]1COc2ccccc2O1)C(=O)c1c[nH]cc1-c1ccc(Cl)s1. The summed E-state index contributed by atoms with van der Waals surface area (Å²) < 4.78 is 12.4. The number of aromatic amines is 1. The second-order valence-corrected chi connectivity index (χ2v) is 7.78. The van der Waals surface area contributed by atoms with E-state index in [0.717, 1.165) is 16.2 Å². The molecule has 1 amide bonds. The van der Waals surface area contributed by atoms with Crippen LogP contribution in [-0.4, -0.2) is 42.1 Å². The molecule has 1 aliphatic rings. The molecule has 3 heterocycles. The van der Waals surface area contributed by atoms with Crippen LogP contribution in [0.2, 0.25) is 4.34 Å². The lowest BCUT2D eigenvalue weighted by molar-refractivity contribution is 0.0521. The predicted molar refractivity (Wildman–Crippen MR) is 102 cm³/mol. The quantitative estimate of drug-likeness (QED) is 0.724. The fourth-order valence-electron chi connectivity index (χ4n) is 2.95. The average Bonchev–Trinajstić information content (AvgIpc) is 3.29. The van der Waals surface area contributed by atoms with Crippen LogP contribution in [-0.2, 0) is 0 Å². The van der Waals surface area contributed by atoms with E-state index < -0.39 is 0 Å². The largest absolute Gasteiger partial charge is 0.486 e. The van der Waals surface area contributed by atoms with Crippen molar-refractivity contribution >= 4 is 28.8 Å². The second-order valence-electron chi connectivity index (χ2n) is 6.07. The number of nitrogens with zero attached hydrogens (tertiary/aromatic N) is 1. The maximum atomic E-state index is 12.9. The van der Waals surface area contributed by atoms with E-state index in [2.05, 4.69) is 4.98 Å². The third-order valence-corrected chi connectivity index (χ3v) is 5.47. The van der Waals surface area contributed by atoms with E-state index in [9.17, 15) is 4.79 Å². The lowest BCUT2D eigenvalue weighted by Crippen LogP contribution is -2.41. The van der Waals surface area contributed by atoms with Crippen LogP contribution in [0.5, 0.6) is 11.5 Å². The highest BCUT2D eigenvalue weighted by Crippen LogP contribution is 2.34. The topological polar surface area (TPSA) is 54.6 Å². The van der Waals surface area contributed by atoms with Gasteiger partial charge in [-0.25, -0.2) is 0 Å². The molecule has 0 radical (unpaired) electrons. The zero-order valence-corrected chi connectivity index (χ0v) is 15.6. The Hall–Kier alpha value is -2.44. The number of ether oxygens (including phenoxy) is 2. The molecule has 1 N–H and O–H groups in total. The van der Waals surface area contributed by atoms with Crippen molar-refractivity contribution in [2.75, 3.05) is 20.2 Å². The van der Waals surface area contributed by atoms with Gasteiger partial charge in [-0.2, -0.15) is 0 Å². The molecule has 4 rings (SSSR count). The molecular formula is C19H17ClN2O3S. The highest BCUT2D eigenvalue weighted by Gasteiger charge is 2.25. The molecule has 1 atom stereocenters. The van der Waals surface area contributed by atoms with Gasteiger partial charge in [0.05, 0.1) is 16.4 Å². The summed E-state index contributed by atoms with van der Waals surface area (Å²) in [6.45, 7) is 0.845. The summed E-state index contributed by atoms with van der Waals surface area (Å²) in [4.78, 5) is 18.5. The molecule has 2 aromatic heterocycles. The number of aromatic nitrogens is 1. The molecular weight excluding hydrogens is 372 g/mol. The third kappa shape index (κ3) is 3.30. The van der Waals surface area contributed by atoms with Gasteiger partial charge >= 0.3 is 0 Å². The van der Waals surface area contributed by atoms with Gasteiger partial charge in [0.25, 0.3) is 5.91 Å². The number of carbonyl (C=O) groups is 1. The number of thiophene rings is 1. The highest BCUT2D eigenvalue weighted by molar-refractivity contribution is 7.19. The normalized spacial score (nSPS) is 15.7. The van der Waals surface area contributed by atoms with E-state index in [-0.39, 0.29) is 12.0 Å². The van der Waals surface area contributed by atoms with Crippen LogP contribution in [0, 0.1) is 0 Å². The molecule has 1 aliphatic heterocycles. The number of H-pyrrole nitrogens is 1. The van der Waals surface area contributed by atoms with E-state index >= 15 is 0 Å². The Kier molecular flexibility index (Phi) is 4.61. The molecule has 0 saturated heterocycles. The average molecular weight is 389 g/mol. The number of rotatable bonds is 4. The molecule has 3 aromatic rings. The molecule has 5 nitrogen and oxygen atoms in total. The minimum Gasteiger partial charge on any atom is -0.486 e. The first kappa shape index (κ1) is 17.0. The monoisotopic (exact) mass is 388 g/mol. The summed E-state index contributed by atoms with van der Waals surface area (Å²) in [7, 11) is 1.77. The van der Waals surface area contributed by atoms with Gasteiger partial charge in [-0.1, -0.05) is 23.7 Å². The Morgan fingerprint density at radius 2 is 2.08 bits per heavy atom. The van der Waals surface area contributed by atoms with Crippen LogP contribution in [0.3, 0.4) is 0 Å². The molecule has 26 heavy (non-hydrogen) atoms. The van der Waals surface area contributed by atoms with E-state index in [1.54, 1.807) is 18.1 Å². The smallest absolute Gasteiger partial charge is 0.255 e. The van der Waals surface area contributed by atoms with Crippen LogP contribution < -0.4 is 9.47 Å². The lowest BCUT2D eigenvalue weighted by atomic mass is 10.1. The van der Waals surface area contributed by atoms with Crippen LogP contribution in [0.15, 0.2) is 48.8 Å². The number of nitrogens with one attached hydrogen (secondary N) is 1. The molecule has 0 unspecified atom stereocenters. The maximum Gasteiger partial charge on any atom is 0.255 e. The van der Waals surface area contributed by atoms with Crippen molar-refractivity contribution in [1.82, 2.24) is 9.88 Å². The summed E-state index contributed by atoms with van der Waals surface area (Å²) in [6, 6.07) is 11.3. The van der Waals surface area contributed by atoms with Crippen molar-refractivity contribution in [2.45, 2.75) is 6.10 Å². The molecule has 0 spiro atoms. The molecule has 0 fully saturated rings. The van der Waals surface area contributed by atoms with E-state index in [1.807, 2.05) is 42.6 Å². The van der Waals surface area contributed by atoms with Crippen molar-refractivity contribution in [3.63, 3.8) is 0 Å². The Labute approximate surface area is 160 Å². The van der Waals surface area contributed by atoms with Gasteiger partial charge in [-0.15, -0.1) is 11.3 Å². The Morgan fingerprint density at radius 3 is 2.85 bits per heavy atom. The summed E-state index contributed by atoms with van der Waals surface area (Å²) in [6.07, 6.45) is 3.33. The van der Waals surface area contributed by atoms with Crippen molar-refractivity contribution in [1.29, 1.82) is 0 Å². The van der Waals surface area contributed by atoms with Gasteiger partial charge in [0, 0.05) is 29.9 Å². The van der Waals surface area contributed by atoms with Crippen LogP contribution >= 0.6 is 22.9 Å². The number of amides is 1. The minimum absolute atomic E-state index is 0.0757. The zero-order valence-electron chi connectivity index (χ0n) is 14.1. The first-order chi connectivity index (χ1) is 12.6. The summed E-state index contributed by atoms with van der Waals surface area (Å²) >= 11 is 7.47. The van der Waals surface area contributed by atoms with Gasteiger partial charge in [0.1, 0.15) is 6.61 Å². The van der Waals surface area contributed by atoms with Crippen LogP contribution in [0.1, 0.15) is 10.4 Å². The fourth-order valence-corrected chi connectivity index (χ4v) is 4.02. The van der Waals surface area contributed by atoms with Crippen molar-refractivity contribution in [3.8, 4) is 21.9 Å². The molecule has 134 valence electrons.